The second kappa shape index (κ2) is 3.49. The number of ether oxygens (including phenoxy) is 1. The van der Waals surface area contributed by atoms with E-state index >= 15 is 0 Å². The lowest BCUT2D eigenvalue weighted by Crippen LogP contribution is -2.07. The van der Waals surface area contributed by atoms with Gasteiger partial charge in [-0.05, 0) is 12.1 Å². The Kier molecular flexibility index (Phi) is 2.17. The fourth-order valence-corrected chi connectivity index (χ4v) is 1.34. The van der Waals surface area contributed by atoms with E-state index < -0.39 is 6.09 Å². The summed E-state index contributed by atoms with van der Waals surface area (Å²) < 4.78 is 6.52. The molecule has 15 heavy (non-hydrogen) atoms. The molecule has 0 spiro atoms. The number of aromatic nitrogens is 2. The van der Waals surface area contributed by atoms with Gasteiger partial charge in [0.15, 0.2) is 0 Å². The van der Waals surface area contributed by atoms with Gasteiger partial charge in [-0.2, -0.15) is 0 Å². The van der Waals surface area contributed by atoms with Crippen molar-refractivity contribution >= 4 is 17.3 Å². The summed E-state index contributed by atoms with van der Waals surface area (Å²) in [5.41, 5.74) is 1.00. The molecule has 0 aromatic carbocycles. The van der Waals surface area contributed by atoms with Crippen LogP contribution in [0.25, 0.3) is 5.52 Å². The minimum Gasteiger partial charge on any atom is -0.478 e. The van der Waals surface area contributed by atoms with E-state index in [9.17, 15) is 4.79 Å². The third-order valence-electron chi connectivity index (χ3n) is 1.93. The predicted molar refractivity (Wildman–Crippen MR) is 53.4 cm³/mol. The van der Waals surface area contributed by atoms with Crippen LogP contribution in [0.4, 0.5) is 10.5 Å². The molecule has 0 aliphatic heterocycles. The van der Waals surface area contributed by atoms with Gasteiger partial charge in [0.25, 0.3) is 5.88 Å². The Morgan fingerprint density at radius 3 is 3.07 bits per heavy atom. The number of hydrogen-bond donors (Lipinski definition) is 2. The molecule has 0 fully saturated rings. The number of fused-ring (bicyclic) bond motifs is 1. The number of nitrogens with one attached hydrogen (secondary N) is 1. The van der Waals surface area contributed by atoms with E-state index in [0.717, 1.165) is 0 Å². The number of carbonyl (C=O) groups is 1. The minimum atomic E-state index is -1.15. The number of methoxy groups -OCH3 is 1. The van der Waals surface area contributed by atoms with Crippen LogP contribution in [0.2, 0.25) is 0 Å². The van der Waals surface area contributed by atoms with Crippen LogP contribution in [0.5, 0.6) is 5.88 Å². The molecule has 0 radical (unpaired) electrons. The zero-order valence-electron chi connectivity index (χ0n) is 7.97. The van der Waals surface area contributed by atoms with Gasteiger partial charge in [0.2, 0.25) is 0 Å². The zero-order chi connectivity index (χ0) is 10.8. The van der Waals surface area contributed by atoms with E-state index in [0.29, 0.717) is 11.2 Å². The van der Waals surface area contributed by atoms with Crippen molar-refractivity contribution in [2.45, 2.75) is 0 Å². The van der Waals surface area contributed by atoms with Gasteiger partial charge >= 0.3 is 6.09 Å². The molecule has 6 heteroatoms. The largest absolute Gasteiger partial charge is 0.478 e. The van der Waals surface area contributed by atoms with Crippen LogP contribution in [0.15, 0.2) is 24.4 Å². The average Bonchev–Trinajstić information content (AvgIpc) is 2.56. The number of amides is 1. The maximum absolute atomic E-state index is 10.6. The van der Waals surface area contributed by atoms with Gasteiger partial charge < -0.3 is 9.84 Å². The van der Waals surface area contributed by atoms with Crippen molar-refractivity contribution in [1.29, 1.82) is 0 Å². The van der Waals surface area contributed by atoms with E-state index in [4.69, 9.17) is 9.84 Å². The molecule has 1 amide bonds. The molecule has 0 aliphatic carbocycles. The smallest absolute Gasteiger partial charge is 0.409 e. The quantitative estimate of drug-likeness (QED) is 0.781. The Labute approximate surface area is 85.1 Å². The first kappa shape index (κ1) is 9.32. The lowest BCUT2D eigenvalue weighted by molar-refractivity contribution is 0.209. The molecule has 0 atom stereocenters. The summed E-state index contributed by atoms with van der Waals surface area (Å²) in [6, 6.07) is 5.34. The van der Waals surface area contributed by atoms with Crippen LogP contribution in [-0.2, 0) is 0 Å². The normalized spacial score (nSPS) is 10.2. The van der Waals surface area contributed by atoms with Crippen molar-refractivity contribution in [3.63, 3.8) is 0 Å². The molecule has 0 bridgehead atoms. The van der Waals surface area contributed by atoms with E-state index in [1.54, 1.807) is 28.9 Å². The molecule has 0 unspecified atom stereocenters. The van der Waals surface area contributed by atoms with Crippen LogP contribution in [0, 0.1) is 0 Å². The maximum Gasteiger partial charge on any atom is 0.409 e. The lowest BCUT2D eigenvalue weighted by Gasteiger charge is -1.99. The molecule has 2 aromatic rings. The van der Waals surface area contributed by atoms with Crippen LogP contribution >= 0.6 is 0 Å². The third kappa shape index (κ3) is 1.56. The number of rotatable bonds is 2. The highest BCUT2D eigenvalue weighted by atomic mass is 16.5. The Morgan fingerprint density at radius 1 is 1.60 bits per heavy atom. The number of nitrogens with zero attached hydrogens (tertiary/aromatic N) is 2. The van der Waals surface area contributed by atoms with Crippen molar-refractivity contribution in [2.75, 3.05) is 12.4 Å². The van der Waals surface area contributed by atoms with E-state index in [2.05, 4.69) is 10.4 Å². The number of anilines is 1. The van der Waals surface area contributed by atoms with E-state index in [-0.39, 0.29) is 5.88 Å². The molecular formula is C9H9N3O3. The fraction of sp³-hybridized carbons (Fsp3) is 0.111. The monoisotopic (exact) mass is 207 g/mol. The van der Waals surface area contributed by atoms with Crippen molar-refractivity contribution in [3.05, 3.63) is 24.4 Å². The summed E-state index contributed by atoms with van der Waals surface area (Å²) in [4.78, 5) is 10.6. The Hall–Kier alpha value is -2.24. The van der Waals surface area contributed by atoms with Gasteiger partial charge in [0.05, 0.1) is 12.6 Å². The Morgan fingerprint density at radius 2 is 2.40 bits per heavy atom. The first-order valence-electron chi connectivity index (χ1n) is 4.23. The predicted octanol–water partition coefficient (Wildman–Crippen LogP) is 1.43. The summed E-state index contributed by atoms with van der Waals surface area (Å²) in [6.07, 6.45) is 0.567. The molecule has 2 heterocycles. The van der Waals surface area contributed by atoms with Gasteiger partial charge in [0.1, 0.15) is 5.69 Å². The Bertz CT molecular complexity index is 506. The van der Waals surface area contributed by atoms with Crippen molar-refractivity contribution in [3.8, 4) is 5.88 Å². The van der Waals surface area contributed by atoms with Crippen molar-refractivity contribution in [1.82, 2.24) is 9.61 Å². The first-order valence-corrected chi connectivity index (χ1v) is 4.23. The summed E-state index contributed by atoms with van der Waals surface area (Å²) in [7, 11) is 1.44. The van der Waals surface area contributed by atoms with Gasteiger partial charge in [-0.1, -0.05) is 6.07 Å². The van der Waals surface area contributed by atoms with Crippen molar-refractivity contribution in [2.24, 2.45) is 0 Å². The topological polar surface area (TPSA) is 75.9 Å². The standard InChI is InChI=1S/C9H9N3O3/c1-15-8-7(10-9(13)14)6-4-2-3-5-12(6)11-8/h2-5,10H,1H3,(H,13,14). The number of hydrogen-bond acceptors (Lipinski definition) is 3. The van der Waals surface area contributed by atoms with Crippen molar-refractivity contribution < 1.29 is 14.6 Å². The first-order chi connectivity index (χ1) is 7.22. The SMILES string of the molecule is COc1nn2ccccc2c1NC(=O)O. The molecule has 78 valence electrons. The van der Waals surface area contributed by atoms with Crippen LogP contribution in [0.3, 0.4) is 0 Å². The molecule has 6 nitrogen and oxygen atoms in total. The molecule has 0 saturated carbocycles. The Balaban J connectivity index is 2.61. The van der Waals surface area contributed by atoms with Crippen LogP contribution in [0.1, 0.15) is 0 Å². The van der Waals surface area contributed by atoms with Crippen LogP contribution in [-0.4, -0.2) is 27.9 Å². The summed E-state index contributed by atoms with van der Waals surface area (Å²) in [5, 5.41) is 15.0. The second-order valence-electron chi connectivity index (χ2n) is 2.84. The van der Waals surface area contributed by atoms with Crippen LogP contribution < -0.4 is 10.1 Å². The van der Waals surface area contributed by atoms with Gasteiger partial charge in [-0.3, -0.25) is 5.32 Å². The molecule has 2 N–H and O–H groups in total. The maximum atomic E-state index is 10.6. The fourth-order valence-electron chi connectivity index (χ4n) is 1.34. The highest BCUT2D eigenvalue weighted by Gasteiger charge is 2.14. The molecule has 0 aliphatic rings. The minimum absolute atomic E-state index is 0.253. The van der Waals surface area contributed by atoms with Gasteiger partial charge in [0, 0.05) is 6.20 Å². The number of pyridine rings is 1. The third-order valence-corrected chi connectivity index (χ3v) is 1.93. The highest BCUT2D eigenvalue weighted by molar-refractivity contribution is 5.92. The number of carboxylic acid groups (broad SMARTS) is 1. The summed E-state index contributed by atoms with van der Waals surface area (Å²) in [5.74, 6) is 0.253. The molecule has 0 saturated heterocycles. The van der Waals surface area contributed by atoms with Gasteiger partial charge in [-0.25, -0.2) is 9.31 Å². The van der Waals surface area contributed by atoms with E-state index in [1.165, 1.54) is 7.11 Å². The van der Waals surface area contributed by atoms with E-state index in [1.807, 2.05) is 0 Å². The second-order valence-corrected chi connectivity index (χ2v) is 2.84. The average molecular weight is 207 g/mol. The van der Waals surface area contributed by atoms with Gasteiger partial charge in [-0.15, -0.1) is 5.10 Å². The lowest BCUT2D eigenvalue weighted by atomic mass is 10.3. The zero-order valence-corrected chi connectivity index (χ0v) is 7.97. The highest BCUT2D eigenvalue weighted by Crippen LogP contribution is 2.27. The molecular weight excluding hydrogens is 198 g/mol. The summed E-state index contributed by atoms with van der Waals surface area (Å²) >= 11 is 0. The molecule has 2 aromatic heterocycles. The molecule has 2 rings (SSSR count). The summed E-state index contributed by atoms with van der Waals surface area (Å²) in [6.45, 7) is 0.